The van der Waals surface area contributed by atoms with Crippen molar-refractivity contribution in [2.75, 3.05) is 6.54 Å². The number of aryl methyl sites for hydroxylation is 1. The summed E-state index contributed by atoms with van der Waals surface area (Å²) in [7, 11) is 0. The number of hydrogen-bond donors (Lipinski definition) is 0. The Kier molecular flexibility index (Phi) is 3.48. The molecule has 3 aromatic rings. The standard InChI is InChI=1S/C16H16N4OS/c1-11-2-3-15(21-11)16-19-13(9-22-16)7-20-5-4-12-6-17-10-18-14(12)8-20/h2-3,6,9-10H,4-5,7-8H2,1H3. The second-order valence-electron chi connectivity index (χ2n) is 5.51. The quantitative estimate of drug-likeness (QED) is 0.744. The zero-order valence-corrected chi connectivity index (χ0v) is 13.1. The summed E-state index contributed by atoms with van der Waals surface area (Å²) in [6, 6.07) is 3.95. The number of aromatic nitrogens is 3. The summed E-state index contributed by atoms with van der Waals surface area (Å²) in [5.41, 5.74) is 3.49. The van der Waals surface area contributed by atoms with E-state index in [0.717, 1.165) is 54.0 Å². The van der Waals surface area contributed by atoms with Crippen LogP contribution in [0.4, 0.5) is 0 Å². The Hall–Kier alpha value is -2.05. The van der Waals surface area contributed by atoms with Gasteiger partial charge in [-0.2, -0.15) is 0 Å². The van der Waals surface area contributed by atoms with Crippen LogP contribution in [0.5, 0.6) is 0 Å². The number of thiazole rings is 1. The van der Waals surface area contributed by atoms with E-state index >= 15 is 0 Å². The normalized spacial score (nSPS) is 15.0. The molecule has 0 atom stereocenters. The number of furan rings is 1. The Morgan fingerprint density at radius 3 is 3.18 bits per heavy atom. The number of hydrogen-bond acceptors (Lipinski definition) is 6. The maximum atomic E-state index is 5.64. The minimum absolute atomic E-state index is 0.847. The summed E-state index contributed by atoms with van der Waals surface area (Å²) in [6.07, 6.45) is 4.56. The average molecular weight is 312 g/mol. The molecule has 0 radical (unpaired) electrons. The van der Waals surface area contributed by atoms with Gasteiger partial charge in [0.05, 0.1) is 11.4 Å². The molecule has 5 nitrogen and oxygen atoms in total. The lowest BCUT2D eigenvalue weighted by Crippen LogP contribution is -2.30. The Morgan fingerprint density at radius 1 is 1.36 bits per heavy atom. The summed E-state index contributed by atoms with van der Waals surface area (Å²) >= 11 is 1.63. The van der Waals surface area contributed by atoms with Crippen LogP contribution in [0.3, 0.4) is 0 Å². The molecule has 3 aromatic heterocycles. The predicted octanol–water partition coefficient (Wildman–Crippen LogP) is 3.06. The van der Waals surface area contributed by atoms with E-state index in [9.17, 15) is 0 Å². The summed E-state index contributed by atoms with van der Waals surface area (Å²) in [4.78, 5) is 15.5. The van der Waals surface area contributed by atoms with Gasteiger partial charge in [0.2, 0.25) is 0 Å². The van der Waals surface area contributed by atoms with Crippen LogP contribution in [-0.2, 0) is 19.5 Å². The molecular weight excluding hydrogens is 296 g/mol. The molecule has 1 aliphatic heterocycles. The first-order valence-electron chi connectivity index (χ1n) is 7.29. The average Bonchev–Trinajstić information content (AvgIpc) is 3.16. The largest absolute Gasteiger partial charge is 0.459 e. The van der Waals surface area contributed by atoms with Crippen molar-refractivity contribution >= 4 is 11.3 Å². The van der Waals surface area contributed by atoms with Gasteiger partial charge in [0, 0.05) is 31.2 Å². The minimum atomic E-state index is 0.847. The smallest absolute Gasteiger partial charge is 0.162 e. The summed E-state index contributed by atoms with van der Waals surface area (Å²) in [5, 5.41) is 3.06. The van der Waals surface area contributed by atoms with Gasteiger partial charge in [0.25, 0.3) is 0 Å². The summed E-state index contributed by atoms with van der Waals surface area (Å²) in [5.74, 6) is 1.77. The van der Waals surface area contributed by atoms with Gasteiger partial charge in [0.15, 0.2) is 10.8 Å². The van der Waals surface area contributed by atoms with E-state index < -0.39 is 0 Å². The van der Waals surface area contributed by atoms with Crippen LogP contribution in [-0.4, -0.2) is 26.4 Å². The second kappa shape index (κ2) is 5.62. The first kappa shape index (κ1) is 13.6. The van der Waals surface area contributed by atoms with Crippen LogP contribution >= 0.6 is 11.3 Å². The van der Waals surface area contributed by atoms with Crippen molar-refractivity contribution in [1.29, 1.82) is 0 Å². The number of rotatable bonds is 3. The van der Waals surface area contributed by atoms with Gasteiger partial charge in [-0.05, 0) is 31.0 Å². The van der Waals surface area contributed by atoms with Gasteiger partial charge in [-0.25, -0.2) is 15.0 Å². The second-order valence-corrected chi connectivity index (χ2v) is 6.37. The first-order valence-corrected chi connectivity index (χ1v) is 8.17. The van der Waals surface area contributed by atoms with Crippen molar-refractivity contribution in [3.05, 3.63) is 52.7 Å². The molecule has 0 saturated heterocycles. The molecule has 0 aromatic carbocycles. The molecule has 112 valence electrons. The van der Waals surface area contributed by atoms with E-state index in [1.165, 1.54) is 5.56 Å². The monoisotopic (exact) mass is 312 g/mol. The van der Waals surface area contributed by atoms with E-state index in [1.807, 2.05) is 25.3 Å². The first-order chi connectivity index (χ1) is 10.8. The molecule has 1 aliphatic rings. The molecular formula is C16H16N4OS. The fourth-order valence-electron chi connectivity index (χ4n) is 2.71. The van der Waals surface area contributed by atoms with Crippen molar-refractivity contribution in [2.45, 2.75) is 26.4 Å². The molecule has 0 amide bonds. The van der Waals surface area contributed by atoms with Crippen molar-refractivity contribution < 1.29 is 4.42 Å². The zero-order chi connectivity index (χ0) is 14.9. The molecule has 0 N–H and O–H groups in total. The lowest BCUT2D eigenvalue weighted by Gasteiger charge is -2.26. The van der Waals surface area contributed by atoms with E-state index in [2.05, 4.69) is 20.2 Å². The van der Waals surface area contributed by atoms with Gasteiger partial charge >= 0.3 is 0 Å². The number of fused-ring (bicyclic) bond motifs is 1. The molecule has 0 spiro atoms. The van der Waals surface area contributed by atoms with E-state index in [1.54, 1.807) is 17.7 Å². The van der Waals surface area contributed by atoms with Crippen LogP contribution in [0.2, 0.25) is 0 Å². The highest BCUT2D eigenvalue weighted by Gasteiger charge is 2.18. The van der Waals surface area contributed by atoms with Crippen LogP contribution in [0.25, 0.3) is 10.8 Å². The third-order valence-corrected chi connectivity index (χ3v) is 4.75. The predicted molar refractivity (Wildman–Crippen MR) is 84.4 cm³/mol. The van der Waals surface area contributed by atoms with Gasteiger partial charge in [0.1, 0.15) is 12.1 Å². The SMILES string of the molecule is Cc1ccc(-c2nc(CN3CCc4cncnc4C3)cs2)o1. The lowest BCUT2D eigenvalue weighted by atomic mass is 10.1. The maximum Gasteiger partial charge on any atom is 0.162 e. The molecule has 0 unspecified atom stereocenters. The molecule has 6 heteroatoms. The van der Waals surface area contributed by atoms with Crippen molar-refractivity contribution in [3.8, 4) is 10.8 Å². The highest BCUT2D eigenvalue weighted by molar-refractivity contribution is 7.13. The topological polar surface area (TPSA) is 55.1 Å². The van der Waals surface area contributed by atoms with Gasteiger partial charge in [-0.1, -0.05) is 0 Å². The molecule has 4 heterocycles. The Balaban J connectivity index is 1.47. The molecule has 0 bridgehead atoms. The Bertz CT molecular complexity index is 795. The number of nitrogens with zero attached hydrogens (tertiary/aromatic N) is 4. The van der Waals surface area contributed by atoms with Gasteiger partial charge in [-0.15, -0.1) is 11.3 Å². The summed E-state index contributed by atoms with van der Waals surface area (Å²) in [6.45, 7) is 4.68. The zero-order valence-electron chi connectivity index (χ0n) is 12.3. The fraction of sp³-hybridized carbons (Fsp3) is 0.312. The molecule has 0 fully saturated rings. The Morgan fingerprint density at radius 2 is 2.32 bits per heavy atom. The van der Waals surface area contributed by atoms with Crippen LogP contribution in [0.15, 0.2) is 34.5 Å². The van der Waals surface area contributed by atoms with Crippen LogP contribution in [0, 0.1) is 6.92 Å². The maximum absolute atomic E-state index is 5.64. The van der Waals surface area contributed by atoms with Crippen LogP contribution in [0.1, 0.15) is 22.7 Å². The van der Waals surface area contributed by atoms with Gasteiger partial charge < -0.3 is 4.42 Å². The Labute approximate surface area is 132 Å². The third-order valence-electron chi connectivity index (χ3n) is 3.84. The van der Waals surface area contributed by atoms with Crippen molar-refractivity contribution in [1.82, 2.24) is 19.9 Å². The molecule has 0 saturated carbocycles. The molecule has 22 heavy (non-hydrogen) atoms. The van der Waals surface area contributed by atoms with Crippen LogP contribution < -0.4 is 0 Å². The lowest BCUT2D eigenvalue weighted by molar-refractivity contribution is 0.239. The van der Waals surface area contributed by atoms with E-state index in [-0.39, 0.29) is 0 Å². The van der Waals surface area contributed by atoms with E-state index in [0.29, 0.717) is 0 Å². The van der Waals surface area contributed by atoms with Gasteiger partial charge in [-0.3, -0.25) is 4.90 Å². The van der Waals surface area contributed by atoms with E-state index in [4.69, 9.17) is 9.40 Å². The highest BCUT2D eigenvalue weighted by atomic mass is 32.1. The molecule has 0 aliphatic carbocycles. The third kappa shape index (κ3) is 2.67. The molecule has 4 rings (SSSR count). The fourth-order valence-corrected chi connectivity index (χ4v) is 3.48. The highest BCUT2D eigenvalue weighted by Crippen LogP contribution is 2.26. The van der Waals surface area contributed by atoms with Crippen molar-refractivity contribution in [3.63, 3.8) is 0 Å². The minimum Gasteiger partial charge on any atom is -0.459 e. The summed E-state index contributed by atoms with van der Waals surface area (Å²) < 4.78 is 5.64. The van der Waals surface area contributed by atoms with Crippen molar-refractivity contribution in [2.24, 2.45) is 0 Å².